The first-order valence-corrected chi connectivity index (χ1v) is 9.73. The lowest BCUT2D eigenvalue weighted by atomic mass is 10.0. The van der Waals surface area contributed by atoms with E-state index in [9.17, 15) is 21.6 Å². The molecule has 2 aliphatic rings. The van der Waals surface area contributed by atoms with Gasteiger partial charge in [0.05, 0.1) is 28.6 Å². The average molecular weight is 310 g/mol. The van der Waals surface area contributed by atoms with Crippen molar-refractivity contribution in [3.63, 3.8) is 0 Å². The fourth-order valence-corrected chi connectivity index (χ4v) is 6.28. The van der Waals surface area contributed by atoms with Crippen LogP contribution in [0, 0.1) is 0 Å². The summed E-state index contributed by atoms with van der Waals surface area (Å²) < 4.78 is 45.3. The van der Waals surface area contributed by atoms with Crippen molar-refractivity contribution < 1.29 is 21.6 Å². The molecule has 0 aromatic heterocycles. The van der Waals surface area contributed by atoms with Crippen LogP contribution in [0.15, 0.2) is 0 Å². The number of amides is 2. The van der Waals surface area contributed by atoms with Crippen LogP contribution in [0.3, 0.4) is 0 Å². The van der Waals surface area contributed by atoms with Crippen molar-refractivity contribution in [3.05, 3.63) is 0 Å². The summed E-state index contributed by atoms with van der Waals surface area (Å²) in [5.74, 6) is 0.0387. The number of hydrogen-bond acceptors (Lipinski definition) is 5. The molecule has 0 bridgehead atoms. The van der Waals surface area contributed by atoms with E-state index in [2.05, 4.69) is 10.6 Å². The maximum Gasteiger partial charge on any atom is 0.315 e. The number of hydrogen-bond donors (Lipinski definition) is 2. The van der Waals surface area contributed by atoms with Gasteiger partial charge in [0.15, 0.2) is 19.7 Å². The summed E-state index contributed by atoms with van der Waals surface area (Å²) in [6.07, 6.45) is 0.788. The molecule has 2 amide bonds. The quantitative estimate of drug-likeness (QED) is 0.683. The smallest absolute Gasteiger partial charge is 0.315 e. The van der Waals surface area contributed by atoms with Crippen LogP contribution in [0.1, 0.15) is 19.8 Å². The molecule has 0 aromatic rings. The zero-order valence-corrected chi connectivity index (χ0v) is 12.3. The molecular formula is C10H18N2O5S2. The number of rotatable bonds is 2. The fraction of sp³-hybridized carbons (Fsp3) is 0.900. The van der Waals surface area contributed by atoms with Crippen molar-refractivity contribution >= 4 is 25.7 Å². The Morgan fingerprint density at radius 1 is 1.16 bits per heavy atom. The molecule has 2 atom stereocenters. The molecule has 19 heavy (non-hydrogen) atoms. The Morgan fingerprint density at radius 2 is 1.84 bits per heavy atom. The van der Waals surface area contributed by atoms with Crippen LogP contribution in [0.4, 0.5) is 4.79 Å². The third-order valence-corrected chi connectivity index (χ3v) is 7.16. The minimum absolute atomic E-state index is 0.0462. The number of nitrogens with one attached hydrogen (secondary N) is 2. The highest BCUT2D eigenvalue weighted by Crippen LogP contribution is 2.22. The summed E-state index contributed by atoms with van der Waals surface area (Å²) in [5.41, 5.74) is -0.763. The van der Waals surface area contributed by atoms with Gasteiger partial charge in [0.2, 0.25) is 0 Å². The molecule has 0 unspecified atom stereocenters. The van der Waals surface area contributed by atoms with E-state index in [0.29, 0.717) is 12.8 Å². The van der Waals surface area contributed by atoms with Gasteiger partial charge in [-0.25, -0.2) is 21.6 Å². The van der Waals surface area contributed by atoms with Gasteiger partial charge in [-0.05, 0) is 19.8 Å². The maximum atomic E-state index is 11.8. The molecule has 9 heteroatoms. The average Bonchev–Trinajstić information content (AvgIpc) is 2.66. The standard InChI is InChI=1S/C10H18N2O5S2/c1-10(3-5-19(16,17)7-10)12-9(13)11-8-2-4-18(14,15)6-8/h8H,2-7H2,1H3,(H2,11,12,13)/t8-,10+/m1/s1. The number of urea groups is 1. The van der Waals surface area contributed by atoms with E-state index in [0.717, 1.165) is 0 Å². The second kappa shape index (κ2) is 4.62. The highest BCUT2D eigenvalue weighted by Gasteiger charge is 2.40. The molecule has 2 fully saturated rings. The predicted molar refractivity (Wildman–Crippen MR) is 70.4 cm³/mol. The van der Waals surface area contributed by atoms with E-state index in [1.807, 2.05) is 0 Å². The number of sulfone groups is 2. The Balaban J connectivity index is 1.89. The lowest BCUT2D eigenvalue weighted by Crippen LogP contribution is -2.53. The fourth-order valence-electron chi connectivity index (χ4n) is 2.51. The molecule has 2 aliphatic heterocycles. The summed E-state index contributed by atoms with van der Waals surface area (Å²) in [5, 5.41) is 5.23. The summed E-state index contributed by atoms with van der Waals surface area (Å²) in [7, 11) is -6.12. The third kappa shape index (κ3) is 3.82. The van der Waals surface area contributed by atoms with E-state index >= 15 is 0 Å². The van der Waals surface area contributed by atoms with E-state index in [-0.39, 0.29) is 29.1 Å². The van der Waals surface area contributed by atoms with Crippen molar-refractivity contribution in [2.24, 2.45) is 0 Å². The summed E-state index contributed by atoms with van der Waals surface area (Å²) >= 11 is 0. The second-order valence-corrected chi connectivity index (χ2v) is 10.0. The Hall–Kier alpha value is -0.830. The number of carbonyl (C=O) groups is 1. The minimum Gasteiger partial charge on any atom is -0.334 e. The molecule has 7 nitrogen and oxygen atoms in total. The molecule has 0 radical (unpaired) electrons. The van der Waals surface area contributed by atoms with E-state index in [1.165, 1.54) is 0 Å². The SMILES string of the molecule is C[C@]1(NC(=O)N[C@@H]2CCS(=O)(=O)C2)CCS(=O)(=O)C1. The first-order chi connectivity index (χ1) is 8.59. The molecule has 0 aromatic carbocycles. The normalized spacial score (nSPS) is 35.9. The topological polar surface area (TPSA) is 109 Å². The Labute approximate surface area is 113 Å². The molecule has 2 heterocycles. The van der Waals surface area contributed by atoms with Gasteiger partial charge < -0.3 is 10.6 Å². The Morgan fingerprint density at radius 3 is 2.32 bits per heavy atom. The van der Waals surface area contributed by atoms with Crippen LogP contribution in [0.25, 0.3) is 0 Å². The second-order valence-electron chi connectivity index (χ2n) is 5.60. The van der Waals surface area contributed by atoms with Gasteiger partial charge in [0.1, 0.15) is 0 Å². The van der Waals surface area contributed by atoms with Crippen LogP contribution in [-0.2, 0) is 19.7 Å². The lowest BCUT2D eigenvalue weighted by Gasteiger charge is -2.25. The van der Waals surface area contributed by atoms with Gasteiger partial charge >= 0.3 is 6.03 Å². The molecule has 110 valence electrons. The van der Waals surface area contributed by atoms with Crippen LogP contribution < -0.4 is 10.6 Å². The van der Waals surface area contributed by atoms with Crippen molar-refractivity contribution in [1.29, 1.82) is 0 Å². The molecular weight excluding hydrogens is 292 g/mol. The molecule has 2 saturated heterocycles. The molecule has 0 aliphatic carbocycles. The predicted octanol–water partition coefficient (Wildman–Crippen LogP) is -0.950. The van der Waals surface area contributed by atoms with Gasteiger partial charge in [-0.2, -0.15) is 0 Å². The highest BCUT2D eigenvalue weighted by molar-refractivity contribution is 7.92. The van der Waals surface area contributed by atoms with Crippen LogP contribution in [0.5, 0.6) is 0 Å². The summed E-state index contributed by atoms with van der Waals surface area (Å²) in [4.78, 5) is 11.8. The van der Waals surface area contributed by atoms with Crippen molar-refractivity contribution in [3.8, 4) is 0 Å². The van der Waals surface area contributed by atoms with Gasteiger partial charge in [-0.15, -0.1) is 0 Å². The van der Waals surface area contributed by atoms with Gasteiger partial charge in [0.25, 0.3) is 0 Å². The van der Waals surface area contributed by atoms with Gasteiger partial charge in [-0.1, -0.05) is 0 Å². The number of carbonyl (C=O) groups excluding carboxylic acids is 1. The zero-order valence-electron chi connectivity index (χ0n) is 10.7. The molecule has 2 rings (SSSR count). The Kier molecular flexibility index (Phi) is 3.54. The molecule has 0 saturated carbocycles. The first-order valence-electron chi connectivity index (χ1n) is 6.09. The van der Waals surface area contributed by atoms with Crippen molar-refractivity contribution in [1.82, 2.24) is 10.6 Å². The monoisotopic (exact) mass is 310 g/mol. The van der Waals surface area contributed by atoms with Crippen LogP contribution in [0.2, 0.25) is 0 Å². The minimum atomic E-state index is -3.08. The maximum absolute atomic E-state index is 11.8. The summed E-state index contributed by atoms with van der Waals surface area (Å²) in [6.45, 7) is 1.68. The van der Waals surface area contributed by atoms with Crippen molar-refractivity contribution in [2.45, 2.75) is 31.3 Å². The molecule has 0 spiro atoms. The Bertz CT molecular complexity index is 583. The van der Waals surface area contributed by atoms with Crippen LogP contribution >= 0.6 is 0 Å². The van der Waals surface area contributed by atoms with E-state index < -0.39 is 31.2 Å². The van der Waals surface area contributed by atoms with Crippen molar-refractivity contribution in [2.75, 3.05) is 23.0 Å². The van der Waals surface area contributed by atoms with Gasteiger partial charge in [0, 0.05) is 6.04 Å². The molecule has 2 N–H and O–H groups in total. The lowest BCUT2D eigenvalue weighted by molar-refractivity contribution is 0.227. The van der Waals surface area contributed by atoms with Crippen LogP contribution in [-0.4, -0.2) is 57.5 Å². The van der Waals surface area contributed by atoms with E-state index in [1.54, 1.807) is 6.92 Å². The third-order valence-electron chi connectivity index (χ3n) is 3.49. The zero-order chi connectivity index (χ0) is 14.3. The largest absolute Gasteiger partial charge is 0.334 e. The highest BCUT2D eigenvalue weighted by atomic mass is 32.2. The first kappa shape index (κ1) is 14.6. The van der Waals surface area contributed by atoms with Gasteiger partial charge in [-0.3, -0.25) is 0 Å². The van der Waals surface area contributed by atoms with E-state index in [4.69, 9.17) is 0 Å². The summed E-state index contributed by atoms with van der Waals surface area (Å²) in [6, 6.07) is -0.881.